The number of hydrogen-bond donors (Lipinski definition) is 3. The van der Waals surface area contributed by atoms with Gasteiger partial charge in [0, 0.05) is 24.2 Å². The highest BCUT2D eigenvalue weighted by Gasteiger charge is 2.25. The van der Waals surface area contributed by atoms with E-state index in [4.69, 9.17) is 5.11 Å². The molecular formula is C14H19NO4. The zero-order chi connectivity index (χ0) is 13.8. The molecule has 0 bridgehead atoms. The lowest BCUT2D eigenvalue weighted by Crippen LogP contribution is -2.40. The minimum absolute atomic E-state index is 0.0273. The van der Waals surface area contributed by atoms with Crippen LogP contribution in [0, 0.1) is 0 Å². The van der Waals surface area contributed by atoms with Gasteiger partial charge in [0.15, 0.2) is 0 Å². The monoisotopic (exact) mass is 265 g/mol. The molecule has 0 saturated carbocycles. The van der Waals surface area contributed by atoms with Crippen molar-refractivity contribution >= 4 is 5.97 Å². The zero-order valence-corrected chi connectivity index (χ0v) is 10.7. The molecule has 2 rings (SSSR count). The lowest BCUT2D eigenvalue weighted by molar-refractivity contribution is -0.138. The van der Waals surface area contributed by atoms with Gasteiger partial charge in [0.25, 0.3) is 0 Å². The van der Waals surface area contributed by atoms with E-state index in [-0.39, 0.29) is 24.0 Å². The summed E-state index contributed by atoms with van der Waals surface area (Å²) >= 11 is 0. The number of aromatic hydroxyl groups is 2. The van der Waals surface area contributed by atoms with Crippen LogP contribution in [0.2, 0.25) is 0 Å². The molecule has 1 fully saturated rings. The summed E-state index contributed by atoms with van der Waals surface area (Å²) in [5.74, 6) is -0.701. The highest BCUT2D eigenvalue weighted by Crippen LogP contribution is 2.27. The number of hydrogen-bond acceptors (Lipinski definition) is 4. The van der Waals surface area contributed by atoms with Crippen molar-refractivity contribution in [1.29, 1.82) is 0 Å². The molecule has 5 heteroatoms. The maximum Gasteiger partial charge on any atom is 0.304 e. The number of carboxylic acids is 1. The van der Waals surface area contributed by atoms with Crippen molar-refractivity contribution in [3.63, 3.8) is 0 Å². The average molecular weight is 265 g/mol. The second-order valence-electron chi connectivity index (χ2n) is 5.03. The minimum atomic E-state index is -0.785. The first kappa shape index (κ1) is 13.7. The van der Waals surface area contributed by atoms with E-state index in [1.54, 1.807) is 6.07 Å². The topological polar surface area (TPSA) is 81.0 Å². The summed E-state index contributed by atoms with van der Waals surface area (Å²) < 4.78 is 0. The van der Waals surface area contributed by atoms with E-state index in [9.17, 15) is 15.0 Å². The number of rotatable bonds is 4. The molecule has 104 valence electrons. The zero-order valence-electron chi connectivity index (χ0n) is 10.7. The molecule has 0 radical (unpaired) electrons. The molecule has 5 nitrogen and oxygen atoms in total. The summed E-state index contributed by atoms with van der Waals surface area (Å²) in [4.78, 5) is 13.0. The number of aliphatic carboxylic acids is 1. The number of nitrogens with zero attached hydrogens (tertiary/aromatic N) is 1. The van der Waals surface area contributed by atoms with Gasteiger partial charge in [-0.25, -0.2) is 0 Å². The highest BCUT2D eigenvalue weighted by molar-refractivity contribution is 5.67. The van der Waals surface area contributed by atoms with Gasteiger partial charge >= 0.3 is 5.97 Å². The molecule has 1 atom stereocenters. The number of carbonyl (C=O) groups is 1. The number of likely N-dealkylation sites (tertiary alicyclic amines) is 1. The third-order valence-corrected chi connectivity index (χ3v) is 3.60. The van der Waals surface area contributed by atoms with Gasteiger partial charge in [0.2, 0.25) is 0 Å². The van der Waals surface area contributed by atoms with Crippen molar-refractivity contribution in [1.82, 2.24) is 4.90 Å². The van der Waals surface area contributed by atoms with Gasteiger partial charge in [0.1, 0.15) is 11.5 Å². The fourth-order valence-corrected chi connectivity index (χ4v) is 2.61. The summed E-state index contributed by atoms with van der Waals surface area (Å²) in [7, 11) is 0. The first-order valence-electron chi connectivity index (χ1n) is 6.53. The quantitative estimate of drug-likeness (QED) is 0.775. The highest BCUT2D eigenvalue weighted by atomic mass is 16.4. The third-order valence-electron chi connectivity index (χ3n) is 3.60. The van der Waals surface area contributed by atoms with E-state index in [2.05, 4.69) is 4.90 Å². The fraction of sp³-hybridized carbons (Fsp3) is 0.500. The van der Waals surface area contributed by atoms with Gasteiger partial charge in [-0.1, -0.05) is 12.5 Å². The van der Waals surface area contributed by atoms with E-state index < -0.39 is 5.97 Å². The van der Waals surface area contributed by atoms with Crippen LogP contribution in [0.5, 0.6) is 11.5 Å². The molecule has 1 unspecified atom stereocenters. The third kappa shape index (κ3) is 3.61. The van der Waals surface area contributed by atoms with Crippen LogP contribution < -0.4 is 0 Å². The van der Waals surface area contributed by atoms with Crippen LogP contribution in [-0.2, 0) is 11.3 Å². The second kappa shape index (κ2) is 5.93. The standard InChI is InChI=1S/C14H19NO4/c16-12-5-4-10(13(17)8-12)9-15-6-2-1-3-11(15)7-14(18)19/h4-5,8,11,16-17H,1-3,6-7,9H2,(H,18,19). The van der Waals surface area contributed by atoms with Crippen LogP contribution >= 0.6 is 0 Å². The maximum absolute atomic E-state index is 10.9. The van der Waals surface area contributed by atoms with Crippen molar-refractivity contribution in [3.05, 3.63) is 23.8 Å². The lowest BCUT2D eigenvalue weighted by atomic mass is 9.98. The number of carboxylic acid groups (broad SMARTS) is 1. The molecule has 1 aromatic carbocycles. The molecule has 1 aliphatic rings. The number of piperidine rings is 1. The summed E-state index contributed by atoms with van der Waals surface area (Å²) in [6, 6.07) is 4.55. The van der Waals surface area contributed by atoms with Crippen molar-refractivity contribution < 1.29 is 20.1 Å². The van der Waals surface area contributed by atoms with E-state index in [1.165, 1.54) is 12.1 Å². The summed E-state index contributed by atoms with van der Waals surface area (Å²) in [6.45, 7) is 1.36. The smallest absolute Gasteiger partial charge is 0.304 e. The predicted molar refractivity (Wildman–Crippen MR) is 70.1 cm³/mol. The van der Waals surface area contributed by atoms with Crippen molar-refractivity contribution in [3.8, 4) is 11.5 Å². The van der Waals surface area contributed by atoms with E-state index in [0.29, 0.717) is 6.54 Å². The first-order chi connectivity index (χ1) is 9.06. The summed E-state index contributed by atoms with van der Waals surface area (Å²) in [5, 5.41) is 28.0. The Balaban J connectivity index is 2.08. The Morgan fingerprint density at radius 1 is 1.32 bits per heavy atom. The molecule has 0 aliphatic carbocycles. The van der Waals surface area contributed by atoms with Crippen molar-refractivity contribution in [2.45, 2.75) is 38.3 Å². The Morgan fingerprint density at radius 3 is 2.79 bits per heavy atom. The molecule has 1 saturated heterocycles. The molecule has 3 N–H and O–H groups in total. The largest absolute Gasteiger partial charge is 0.508 e. The lowest BCUT2D eigenvalue weighted by Gasteiger charge is -2.35. The Bertz CT molecular complexity index is 461. The Kier molecular flexibility index (Phi) is 4.27. The van der Waals surface area contributed by atoms with Crippen LogP contribution in [0.15, 0.2) is 18.2 Å². The molecule has 0 spiro atoms. The molecule has 0 amide bonds. The molecular weight excluding hydrogens is 246 g/mol. The van der Waals surface area contributed by atoms with Gasteiger partial charge < -0.3 is 15.3 Å². The van der Waals surface area contributed by atoms with Gasteiger partial charge in [-0.05, 0) is 25.5 Å². The summed E-state index contributed by atoms with van der Waals surface area (Å²) in [6.07, 6.45) is 3.12. The molecule has 19 heavy (non-hydrogen) atoms. The van der Waals surface area contributed by atoms with E-state index in [1.807, 2.05) is 0 Å². The van der Waals surface area contributed by atoms with E-state index >= 15 is 0 Å². The van der Waals surface area contributed by atoms with Gasteiger partial charge in [0.05, 0.1) is 6.42 Å². The number of phenols is 2. The SMILES string of the molecule is O=C(O)CC1CCCCN1Cc1ccc(O)cc1O. The van der Waals surface area contributed by atoms with Crippen molar-refractivity contribution in [2.24, 2.45) is 0 Å². The molecule has 1 aromatic rings. The fourth-order valence-electron chi connectivity index (χ4n) is 2.61. The molecule has 1 heterocycles. The van der Waals surface area contributed by atoms with Crippen LogP contribution in [0.4, 0.5) is 0 Å². The van der Waals surface area contributed by atoms with Crippen molar-refractivity contribution in [2.75, 3.05) is 6.54 Å². The summed E-state index contributed by atoms with van der Waals surface area (Å²) in [5.41, 5.74) is 0.718. The van der Waals surface area contributed by atoms with Crippen LogP contribution in [0.25, 0.3) is 0 Å². The van der Waals surface area contributed by atoms with E-state index in [0.717, 1.165) is 31.4 Å². The number of benzene rings is 1. The Morgan fingerprint density at radius 2 is 2.11 bits per heavy atom. The van der Waals surface area contributed by atoms with Gasteiger partial charge in [-0.15, -0.1) is 0 Å². The maximum atomic E-state index is 10.9. The Hall–Kier alpha value is -1.75. The number of phenolic OH excluding ortho intramolecular Hbond substituents is 2. The van der Waals surface area contributed by atoms with Gasteiger partial charge in [-0.3, -0.25) is 9.69 Å². The molecule has 0 aromatic heterocycles. The minimum Gasteiger partial charge on any atom is -0.508 e. The van der Waals surface area contributed by atoms with Gasteiger partial charge in [-0.2, -0.15) is 0 Å². The predicted octanol–water partition coefficient (Wildman–Crippen LogP) is 1.93. The Labute approximate surface area is 112 Å². The molecule has 1 aliphatic heterocycles. The van der Waals surface area contributed by atoms with Crippen LogP contribution in [0.1, 0.15) is 31.2 Å². The first-order valence-corrected chi connectivity index (χ1v) is 6.53. The average Bonchev–Trinajstić information content (AvgIpc) is 2.34. The normalized spacial score (nSPS) is 20.3. The second-order valence-corrected chi connectivity index (χ2v) is 5.03. The van der Waals surface area contributed by atoms with Crippen LogP contribution in [-0.4, -0.2) is 38.8 Å². The van der Waals surface area contributed by atoms with Crippen LogP contribution in [0.3, 0.4) is 0 Å².